The zero-order valence-electron chi connectivity index (χ0n) is 11.0. The predicted molar refractivity (Wildman–Crippen MR) is 94.5 cm³/mol. The lowest BCUT2D eigenvalue weighted by atomic mass is 10.1. The van der Waals surface area contributed by atoms with Crippen LogP contribution in [0.25, 0.3) is 0 Å². The Hall–Kier alpha value is -0.810. The summed E-state index contributed by atoms with van der Waals surface area (Å²) in [7, 11) is 0. The van der Waals surface area contributed by atoms with Gasteiger partial charge in [0.05, 0.1) is 10.5 Å². The summed E-state index contributed by atoms with van der Waals surface area (Å²) in [5.41, 5.74) is 4.29. The van der Waals surface area contributed by atoms with Gasteiger partial charge in [-0.3, -0.25) is 0 Å². The van der Waals surface area contributed by atoms with Crippen LogP contribution in [-0.4, -0.2) is 10.6 Å². The van der Waals surface area contributed by atoms with E-state index in [0.717, 1.165) is 28.5 Å². The van der Waals surface area contributed by atoms with E-state index in [2.05, 4.69) is 46.5 Å². The van der Waals surface area contributed by atoms with Gasteiger partial charge in [-0.25, -0.2) is 0 Å². The third-order valence-corrected chi connectivity index (χ3v) is 6.92. The summed E-state index contributed by atoms with van der Waals surface area (Å²) in [6, 6.07) is 15.4. The Labute approximate surface area is 133 Å². The number of hydrogen-bond acceptors (Lipinski definition) is 2. The molecule has 1 unspecified atom stereocenters. The molecule has 2 heterocycles. The van der Waals surface area contributed by atoms with Crippen molar-refractivity contribution in [3.05, 3.63) is 59.2 Å². The van der Waals surface area contributed by atoms with Crippen molar-refractivity contribution in [3.63, 3.8) is 0 Å². The topological polar surface area (TPSA) is 9.23 Å². The molecule has 2 aromatic rings. The lowest BCUT2D eigenvalue weighted by molar-refractivity contribution is 0.356. The molecule has 1 atom stereocenters. The van der Waals surface area contributed by atoms with Crippen LogP contribution >= 0.6 is 32.5 Å². The Morgan fingerprint density at radius 1 is 1.20 bits per heavy atom. The van der Waals surface area contributed by atoms with Crippen molar-refractivity contribution in [1.82, 2.24) is 0 Å². The van der Waals surface area contributed by atoms with Crippen LogP contribution < -0.4 is 4.74 Å². The molecule has 0 fully saturated rings. The highest BCUT2D eigenvalue weighted by Crippen LogP contribution is 2.45. The molecule has 0 bridgehead atoms. The molecule has 2 aromatic carbocycles. The van der Waals surface area contributed by atoms with Crippen molar-refractivity contribution in [3.8, 4) is 5.75 Å². The smallest absolute Gasteiger partial charge is 0.124 e. The van der Waals surface area contributed by atoms with E-state index in [1.807, 2.05) is 11.8 Å². The van der Waals surface area contributed by atoms with Gasteiger partial charge in [-0.05, 0) is 27.3 Å². The fourth-order valence-corrected chi connectivity index (χ4v) is 4.99. The molecule has 0 spiro atoms. The van der Waals surface area contributed by atoms with Crippen LogP contribution in [0.15, 0.2) is 47.4 Å². The molecule has 3 heteroatoms. The summed E-state index contributed by atoms with van der Waals surface area (Å²) < 4.78 is 9.05. The van der Waals surface area contributed by atoms with Crippen molar-refractivity contribution in [2.45, 2.75) is 21.0 Å². The zero-order valence-corrected chi connectivity index (χ0v) is 14.0. The highest BCUT2D eigenvalue weighted by atomic mass is 127. The van der Waals surface area contributed by atoms with Gasteiger partial charge in [0.25, 0.3) is 0 Å². The molecular formula is C17H15IOS. The van der Waals surface area contributed by atoms with E-state index in [9.17, 15) is 0 Å². The molecule has 0 saturated heterocycles. The highest BCUT2D eigenvalue weighted by Gasteiger charge is 2.23. The van der Waals surface area contributed by atoms with Gasteiger partial charge in [0, 0.05) is 22.6 Å². The summed E-state index contributed by atoms with van der Waals surface area (Å²) in [5.74, 6) is 2.18. The Balaban J connectivity index is 1.60. The van der Waals surface area contributed by atoms with E-state index >= 15 is 0 Å². The Kier molecular flexibility index (Phi) is 3.56. The molecule has 1 nitrogen and oxygen atoms in total. The van der Waals surface area contributed by atoms with E-state index in [4.69, 9.17) is 4.74 Å². The summed E-state index contributed by atoms with van der Waals surface area (Å²) in [4.78, 5) is 1.43. The summed E-state index contributed by atoms with van der Waals surface area (Å²) in [6.07, 6.45) is 1.07. The van der Waals surface area contributed by atoms with Gasteiger partial charge in [0.15, 0.2) is 0 Å². The number of rotatable bonds is 4. The maximum Gasteiger partial charge on any atom is 0.124 e. The number of halogens is 1. The molecule has 4 rings (SSSR count). The largest absolute Gasteiger partial charge is 0.493 e. The lowest BCUT2D eigenvalue weighted by Gasteiger charge is -2.10. The second kappa shape index (κ2) is 5.53. The number of alkyl halides is 1. The number of benzene rings is 2. The molecular weight excluding hydrogens is 379 g/mol. The first-order valence-electron chi connectivity index (χ1n) is 6.82. The lowest BCUT2D eigenvalue weighted by Crippen LogP contribution is -1.89. The van der Waals surface area contributed by atoms with Gasteiger partial charge >= 0.3 is 0 Å². The second-order valence-electron chi connectivity index (χ2n) is 5.02. The predicted octanol–water partition coefficient (Wildman–Crippen LogP) is 4.74. The average Bonchev–Trinajstić information content (AvgIpc) is 3.24. The maximum absolute atomic E-state index is 5.79. The highest BCUT2D eigenvalue weighted by molar-refractivity contribution is 14.2. The quantitative estimate of drug-likeness (QED) is 0.421. The van der Waals surface area contributed by atoms with E-state index in [-0.39, 0.29) is 0 Å². The minimum absolute atomic E-state index is 0.331. The van der Waals surface area contributed by atoms with Crippen molar-refractivity contribution in [1.29, 1.82) is 0 Å². The molecule has 0 amide bonds. The average molecular weight is 394 g/mol. The van der Waals surface area contributed by atoms with Gasteiger partial charge in [0.1, 0.15) is 5.75 Å². The third kappa shape index (κ3) is 2.66. The molecule has 2 aliphatic rings. The standard InChI is InChI=1S/C17H15IOS/c1-2-4-12(5-3-1)11-20-17-9-13(15-10-18-15)8-16-14(17)6-7-19-16/h1-5,8-10,15H,6-7,11H2. The fraction of sp³-hybridized carbons (Fsp3) is 0.235. The number of hydrogen-bond donors (Lipinski definition) is 0. The zero-order chi connectivity index (χ0) is 13.4. The minimum atomic E-state index is 0.331. The van der Waals surface area contributed by atoms with E-state index in [1.165, 1.54) is 21.6 Å². The molecule has 102 valence electrons. The molecule has 0 radical (unpaired) electrons. The monoisotopic (exact) mass is 394 g/mol. The van der Waals surface area contributed by atoms with E-state index in [1.54, 1.807) is 0 Å². The maximum atomic E-state index is 5.79. The first-order chi connectivity index (χ1) is 9.90. The van der Waals surface area contributed by atoms with Gasteiger partial charge in [-0.2, -0.15) is 0 Å². The fourth-order valence-electron chi connectivity index (χ4n) is 2.48. The van der Waals surface area contributed by atoms with Crippen LogP contribution in [0, 0.1) is 0 Å². The van der Waals surface area contributed by atoms with Gasteiger partial charge in [0.2, 0.25) is 0 Å². The van der Waals surface area contributed by atoms with E-state index < -0.39 is 0 Å². The summed E-state index contributed by atoms with van der Waals surface area (Å²) in [5, 5.41) is 0. The van der Waals surface area contributed by atoms with Gasteiger partial charge in [-0.15, -0.1) is 32.5 Å². The molecule has 0 aliphatic carbocycles. The third-order valence-electron chi connectivity index (χ3n) is 3.61. The molecule has 0 aromatic heterocycles. The van der Waals surface area contributed by atoms with Gasteiger partial charge < -0.3 is 4.74 Å². The van der Waals surface area contributed by atoms with Crippen LogP contribution in [0.5, 0.6) is 5.75 Å². The Morgan fingerprint density at radius 3 is 2.85 bits per heavy atom. The van der Waals surface area contributed by atoms with Crippen molar-refractivity contribution >= 4 is 36.5 Å². The van der Waals surface area contributed by atoms with Crippen molar-refractivity contribution < 1.29 is 4.74 Å². The summed E-state index contributed by atoms with van der Waals surface area (Å²) in [6.45, 7) is 0.848. The first kappa shape index (κ1) is 12.9. The number of thioether (sulfide) groups is 1. The molecule has 0 N–H and O–H groups in total. The van der Waals surface area contributed by atoms with Crippen molar-refractivity contribution in [2.75, 3.05) is 6.61 Å². The van der Waals surface area contributed by atoms with Crippen LogP contribution in [0.3, 0.4) is 0 Å². The van der Waals surface area contributed by atoms with Crippen LogP contribution in [0.1, 0.15) is 20.6 Å². The number of ether oxygens (including phenoxy) is 1. The molecule has 2 aliphatic heterocycles. The molecule has 20 heavy (non-hydrogen) atoms. The van der Waals surface area contributed by atoms with Crippen LogP contribution in [0.2, 0.25) is 0 Å². The van der Waals surface area contributed by atoms with Crippen molar-refractivity contribution in [2.24, 2.45) is 0 Å². The van der Waals surface area contributed by atoms with Gasteiger partial charge in [-0.1, -0.05) is 30.3 Å². The Morgan fingerprint density at radius 2 is 2.05 bits per heavy atom. The normalized spacial score (nSPS) is 19.1. The first-order valence-corrected chi connectivity index (χ1v) is 10.3. The number of fused-ring (bicyclic) bond motifs is 1. The summed E-state index contributed by atoms with van der Waals surface area (Å²) >= 11 is 2.29. The minimum Gasteiger partial charge on any atom is -0.493 e. The van der Waals surface area contributed by atoms with Crippen LogP contribution in [0.4, 0.5) is 0 Å². The molecule has 0 saturated carbocycles. The SMILES string of the molecule is C1=IC1c1cc2c(c(SCc3ccccc3)c1)CCO2. The van der Waals surface area contributed by atoms with E-state index in [0.29, 0.717) is 20.7 Å². The Bertz CT molecular complexity index is 660. The van der Waals surface area contributed by atoms with Crippen LogP contribution in [-0.2, 0) is 12.2 Å². The second-order valence-corrected chi connectivity index (χ2v) is 8.82.